The molecule has 6 nitrogen and oxygen atoms in total. The third-order valence-corrected chi connectivity index (χ3v) is 5.08. The molecule has 1 atom stereocenters. The van der Waals surface area contributed by atoms with Gasteiger partial charge < -0.3 is 19.3 Å². The molecule has 0 aliphatic carbocycles. The van der Waals surface area contributed by atoms with Crippen molar-refractivity contribution in [2.24, 2.45) is 0 Å². The third kappa shape index (κ3) is 5.63. The zero-order chi connectivity index (χ0) is 20.1. The Bertz CT molecular complexity index is 675. The van der Waals surface area contributed by atoms with Crippen LogP contribution in [0.5, 0.6) is 5.75 Å². The Morgan fingerprint density at radius 3 is 2.21 bits per heavy atom. The molecule has 2 aliphatic rings. The average Bonchev–Trinajstić information content (AvgIpc) is 2.68. The fourth-order valence-corrected chi connectivity index (χ4v) is 3.67. The van der Waals surface area contributed by atoms with Crippen LogP contribution >= 0.6 is 0 Å². The molecule has 3 rings (SSSR count). The van der Waals surface area contributed by atoms with Crippen molar-refractivity contribution < 1.29 is 19.1 Å². The van der Waals surface area contributed by atoms with Gasteiger partial charge in [-0.1, -0.05) is 0 Å². The van der Waals surface area contributed by atoms with Crippen LogP contribution in [-0.2, 0) is 4.74 Å². The molecule has 2 aliphatic heterocycles. The fraction of sp³-hybridized carbons (Fsp3) is 0.636. The molecule has 0 saturated carbocycles. The van der Waals surface area contributed by atoms with Crippen LogP contribution in [0.1, 0.15) is 63.2 Å². The predicted octanol–water partition coefficient (Wildman–Crippen LogP) is 4.09. The van der Waals surface area contributed by atoms with Crippen LogP contribution in [0.25, 0.3) is 0 Å². The summed E-state index contributed by atoms with van der Waals surface area (Å²) >= 11 is 0. The average molecular weight is 389 g/mol. The van der Waals surface area contributed by atoms with E-state index in [1.165, 1.54) is 6.42 Å². The van der Waals surface area contributed by atoms with Gasteiger partial charge in [-0.2, -0.15) is 0 Å². The maximum atomic E-state index is 12.6. The van der Waals surface area contributed by atoms with Gasteiger partial charge in [0.05, 0.1) is 6.54 Å². The third-order valence-electron chi connectivity index (χ3n) is 5.08. The van der Waals surface area contributed by atoms with Gasteiger partial charge in [-0.05, 0) is 77.1 Å². The van der Waals surface area contributed by atoms with Crippen LogP contribution in [0.2, 0.25) is 0 Å². The lowest BCUT2D eigenvalue weighted by molar-refractivity contribution is 0.00774. The van der Waals surface area contributed by atoms with Crippen LogP contribution in [-0.4, -0.2) is 59.7 Å². The molecule has 28 heavy (non-hydrogen) atoms. The van der Waals surface area contributed by atoms with Gasteiger partial charge >= 0.3 is 6.09 Å². The number of benzene rings is 1. The van der Waals surface area contributed by atoms with Crippen molar-refractivity contribution >= 4 is 12.0 Å². The molecule has 1 aromatic rings. The highest BCUT2D eigenvalue weighted by Crippen LogP contribution is 2.22. The number of amides is 2. The van der Waals surface area contributed by atoms with Crippen molar-refractivity contribution in [2.75, 3.05) is 26.2 Å². The number of nitrogens with zero attached hydrogens (tertiary/aromatic N) is 2. The molecule has 2 heterocycles. The summed E-state index contributed by atoms with van der Waals surface area (Å²) in [5.74, 6) is 0.825. The molecule has 0 radical (unpaired) electrons. The number of piperidine rings is 2. The molecule has 0 unspecified atom stereocenters. The summed E-state index contributed by atoms with van der Waals surface area (Å²) in [5.41, 5.74) is 0.204. The first kappa shape index (κ1) is 20.5. The van der Waals surface area contributed by atoms with E-state index in [2.05, 4.69) is 0 Å². The Hall–Kier alpha value is -2.24. The highest BCUT2D eigenvalue weighted by atomic mass is 16.6. The lowest BCUT2D eigenvalue weighted by Gasteiger charge is -2.34. The first-order valence-corrected chi connectivity index (χ1v) is 10.4. The van der Waals surface area contributed by atoms with E-state index in [-0.39, 0.29) is 18.1 Å². The van der Waals surface area contributed by atoms with Gasteiger partial charge in [0.15, 0.2) is 0 Å². The van der Waals surface area contributed by atoms with Crippen molar-refractivity contribution in [3.05, 3.63) is 29.8 Å². The van der Waals surface area contributed by atoms with Crippen molar-refractivity contribution in [2.45, 2.75) is 64.6 Å². The molecule has 2 amide bonds. The molecule has 0 aromatic heterocycles. The summed E-state index contributed by atoms with van der Waals surface area (Å²) in [6.45, 7) is 8.52. The highest BCUT2D eigenvalue weighted by molar-refractivity contribution is 5.94. The number of hydrogen-bond donors (Lipinski definition) is 0. The van der Waals surface area contributed by atoms with E-state index < -0.39 is 5.60 Å². The minimum absolute atomic E-state index is 0.0649. The zero-order valence-electron chi connectivity index (χ0n) is 17.3. The Labute approximate surface area is 167 Å². The quantitative estimate of drug-likeness (QED) is 0.782. The standard InChI is InChI=1S/C22H32N2O4/c1-22(2,3)28-21(26)24-15-7-8-19(16-24)27-18-11-9-17(10-12-18)20(25)23-13-5-4-6-14-23/h9-12,19H,4-8,13-16H2,1-3H3/t19-/m1/s1. The van der Waals surface area contributed by atoms with Gasteiger partial charge in [-0.15, -0.1) is 0 Å². The van der Waals surface area contributed by atoms with Gasteiger partial charge in [0.2, 0.25) is 0 Å². The highest BCUT2D eigenvalue weighted by Gasteiger charge is 2.28. The summed E-state index contributed by atoms with van der Waals surface area (Å²) in [6, 6.07) is 7.37. The first-order valence-electron chi connectivity index (χ1n) is 10.4. The second-order valence-corrected chi connectivity index (χ2v) is 8.69. The summed E-state index contributed by atoms with van der Waals surface area (Å²) in [5, 5.41) is 0. The summed E-state index contributed by atoms with van der Waals surface area (Å²) < 4.78 is 11.5. The SMILES string of the molecule is CC(C)(C)OC(=O)N1CCC[C@@H](Oc2ccc(C(=O)N3CCCCC3)cc2)C1. The Kier molecular flexibility index (Phi) is 6.47. The van der Waals surface area contributed by atoms with Crippen molar-refractivity contribution in [3.8, 4) is 5.75 Å². The molecular weight excluding hydrogens is 356 g/mol. The molecular formula is C22H32N2O4. The summed E-state index contributed by atoms with van der Waals surface area (Å²) in [6.07, 6.45) is 4.81. The number of rotatable bonds is 3. The van der Waals surface area contributed by atoms with Gasteiger partial charge in [0.25, 0.3) is 5.91 Å². The van der Waals surface area contributed by atoms with Gasteiger partial charge in [-0.25, -0.2) is 4.79 Å². The first-order chi connectivity index (χ1) is 13.3. The van der Waals surface area contributed by atoms with E-state index in [0.29, 0.717) is 18.7 Å². The minimum Gasteiger partial charge on any atom is -0.489 e. The van der Waals surface area contributed by atoms with E-state index in [1.807, 2.05) is 49.9 Å². The molecule has 2 fully saturated rings. The largest absolute Gasteiger partial charge is 0.489 e. The van der Waals surface area contributed by atoms with Crippen LogP contribution in [0.4, 0.5) is 4.79 Å². The molecule has 0 N–H and O–H groups in total. The maximum absolute atomic E-state index is 12.6. The second-order valence-electron chi connectivity index (χ2n) is 8.69. The van der Waals surface area contributed by atoms with E-state index in [4.69, 9.17) is 9.47 Å². The van der Waals surface area contributed by atoms with E-state index in [0.717, 1.165) is 44.5 Å². The number of carbonyl (C=O) groups excluding carboxylic acids is 2. The lowest BCUT2D eigenvalue weighted by Crippen LogP contribution is -2.46. The van der Waals surface area contributed by atoms with Gasteiger partial charge in [0.1, 0.15) is 17.5 Å². The second kappa shape index (κ2) is 8.84. The Morgan fingerprint density at radius 2 is 1.57 bits per heavy atom. The van der Waals surface area contributed by atoms with E-state index >= 15 is 0 Å². The number of likely N-dealkylation sites (tertiary alicyclic amines) is 2. The molecule has 2 saturated heterocycles. The fourth-order valence-electron chi connectivity index (χ4n) is 3.67. The smallest absolute Gasteiger partial charge is 0.410 e. The van der Waals surface area contributed by atoms with Crippen molar-refractivity contribution in [1.82, 2.24) is 9.80 Å². The van der Waals surface area contributed by atoms with Crippen LogP contribution < -0.4 is 4.74 Å². The number of hydrogen-bond acceptors (Lipinski definition) is 4. The van der Waals surface area contributed by atoms with E-state index in [1.54, 1.807) is 4.90 Å². The van der Waals surface area contributed by atoms with Crippen LogP contribution in [0, 0.1) is 0 Å². The van der Waals surface area contributed by atoms with Gasteiger partial charge in [0, 0.05) is 25.2 Å². The predicted molar refractivity (Wildman–Crippen MR) is 108 cm³/mol. The van der Waals surface area contributed by atoms with Crippen molar-refractivity contribution in [1.29, 1.82) is 0 Å². The minimum atomic E-state index is -0.498. The number of ether oxygens (including phenoxy) is 2. The molecule has 1 aromatic carbocycles. The molecule has 154 valence electrons. The molecule has 6 heteroatoms. The van der Waals surface area contributed by atoms with Crippen LogP contribution in [0.3, 0.4) is 0 Å². The Morgan fingerprint density at radius 1 is 0.929 bits per heavy atom. The topological polar surface area (TPSA) is 59.1 Å². The monoisotopic (exact) mass is 388 g/mol. The Balaban J connectivity index is 1.54. The van der Waals surface area contributed by atoms with Gasteiger partial charge in [-0.3, -0.25) is 4.79 Å². The van der Waals surface area contributed by atoms with E-state index in [9.17, 15) is 9.59 Å². The zero-order valence-corrected chi connectivity index (χ0v) is 17.3. The molecule has 0 spiro atoms. The summed E-state index contributed by atoms with van der Waals surface area (Å²) in [4.78, 5) is 28.5. The normalized spacial score (nSPS) is 20.6. The van der Waals surface area contributed by atoms with Crippen LogP contribution in [0.15, 0.2) is 24.3 Å². The lowest BCUT2D eigenvalue weighted by atomic mass is 10.1. The number of carbonyl (C=O) groups is 2. The maximum Gasteiger partial charge on any atom is 0.410 e. The molecule has 0 bridgehead atoms. The summed E-state index contributed by atoms with van der Waals surface area (Å²) in [7, 11) is 0. The van der Waals surface area contributed by atoms with Crippen molar-refractivity contribution in [3.63, 3.8) is 0 Å².